The molecule has 28 heavy (non-hydrogen) atoms. The first-order valence-corrected chi connectivity index (χ1v) is 10.3. The minimum Gasteiger partial charge on any atom is -0.760 e. The van der Waals surface area contributed by atoms with E-state index in [2.05, 4.69) is 9.71 Å². The van der Waals surface area contributed by atoms with Gasteiger partial charge in [-0.2, -0.15) is 0 Å². The van der Waals surface area contributed by atoms with Crippen LogP contribution in [0.15, 0.2) is 35.4 Å². The van der Waals surface area contributed by atoms with Gasteiger partial charge in [-0.25, -0.2) is 4.72 Å². The molecular formula is C20H22N3O4S-. The first-order chi connectivity index (χ1) is 13.4. The van der Waals surface area contributed by atoms with Gasteiger partial charge in [0.2, 0.25) is 0 Å². The van der Waals surface area contributed by atoms with Crippen molar-refractivity contribution in [3.05, 3.63) is 52.1 Å². The van der Waals surface area contributed by atoms with E-state index in [0.717, 1.165) is 33.4 Å². The Bertz CT molecular complexity index is 1110. The normalized spacial score (nSPS) is 15.1. The molecule has 4 rings (SSSR count). The molecule has 1 atom stereocenters. The van der Waals surface area contributed by atoms with E-state index in [1.165, 1.54) is 12.8 Å². The third kappa shape index (κ3) is 3.76. The van der Waals surface area contributed by atoms with Crippen molar-refractivity contribution >= 4 is 22.2 Å². The summed E-state index contributed by atoms with van der Waals surface area (Å²) in [5.41, 5.74) is 3.96. The Hall–Kier alpha value is -2.42. The van der Waals surface area contributed by atoms with Crippen molar-refractivity contribution in [2.45, 2.75) is 26.3 Å². The second-order valence-electron chi connectivity index (χ2n) is 7.31. The lowest BCUT2D eigenvalue weighted by Gasteiger charge is -2.18. The van der Waals surface area contributed by atoms with Gasteiger partial charge >= 0.3 is 0 Å². The second-order valence-corrected chi connectivity index (χ2v) is 8.07. The van der Waals surface area contributed by atoms with Crippen LogP contribution in [0.1, 0.15) is 24.0 Å². The first-order valence-electron chi connectivity index (χ1n) is 9.20. The SMILES string of the molecule is Cc1cc(OCC2CC2)c(-c2cn(C)c(=O)c3[nH]ccc23)cc1CNS(=O)[O-]. The summed E-state index contributed by atoms with van der Waals surface area (Å²) in [6, 6.07) is 5.77. The van der Waals surface area contributed by atoms with Crippen LogP contribution >= 0.6 is 0 Å². The van der Waals surface area contributed by atoms with Crippen LogP contribution in [-0.4, -0.2) is 24.9 Å². The van der Waals surface area contributed by atoms with Crippen molar-refractivity contribution in [3.63, 3.8) is 0 Å². The maximum Gasteiger partial charge on any atom is 0.274 e. The molecule has 1 aliphatic rings. The van der Waals surface area contributed by atoms with E-state index >= 15 is 0 Å². The number of benzene rings is 1. The average Bonchev–Trinajstić information content (AvgIpc) is 3.36. The van der Waals surface area contributed by atoms with Crippen molar-refractivity contribution in [3.8, 4) is 16.9 Å². The molecule has 0 saturated heterocycles. The molecule has 1 aromatic carbocycles. The fourth-order valence-corrected chi connectivity index (χ4v) is 3.63. The fourth-order valence-electron chi connectivity index (χ4n) is 3.36. The number of aromatic nitrogens is 2. The predicted octanol–water partition coefficient (Wildman–Crippen LogP) is 2.51. The number of ether oxygens (including phenoxy) is 1. The van der Waals surface area contributed by atoms with Gasteiger partial charge in [0.15, 0.2) is 0 Å². The van der Waals surface area contributed by atoms with Crippen molar-refractivity contribution < 1.29 is 13.5 Å². The molecule has 7 nitrogen and oxygen atoms in total. The molecule has 8 heteroatoms. The van der Waals surface area contributed by atoms with E-state index in [4.69, 9.17) is 4.74 Å². The quantitative estimate of drug-likeness (QED) is 0.595. The zero-order valence-electron chi connectivity index (χ0n) is 15.8. The van der Waals surface area contributed by atoms with E-state index in [1.54, 1.807) is 24.0 Å². The molecule has 2 heterocycles. The van der Waals surface area contributed by atoms with Gasteiger partial charge in [0.1, 0.15) is 11.3 Å². The van der Waals surface area contributed by atoms with Gasteiger partial charge in [0.05, 0.1) is 6.61 Å². The van der Waals surface area contributed by atoms with Crippen LogP contribution in [0.25, 0.3) is 22.0 Å². The number of nitrogens with one attached hydrogen (secondary N) is 2. The van der Waals surface area contributed by atoms with E-state index in [9.17, 15) is 13.6 Å². The summed E-state index contributed by atoms with van der Waals surface area (Å²) in [6.45, 7) is 2.79. The summed E-state index contributed by atoms with van der Waals surface area (Å²) in [5, 5.41) is 0.814. The van der Waals surface area contributed by atoms with Gasteiger partial charge in [-0.1, -0.05) is 0 Å². The van der Waals surface area contributed by atoms with Gasteiger partial charge in [0.25, 0.3) is 5.56 Å². The van der Waals surface area contributed by atoms with Crippen LogP contribution in [0.3, 0.4) is 0 Å². The molecule has 0 radical (unpaired) electrons. The topological polar surface area (TPSA) is 99.2 Å². The summed E-state index contributed by atoms with van der Waals surface area (Å²) in [5.74, 6) is 1.35. The highest BCUT2D eigenvalue weighted by Crippen LogP contribution is 2.38. The van der Waals surface area contributed by atoms with Crippen LogP contribution in [0.2, 0.25) is 0 Å². The lowest BCUT2D eigenvalue weighted by molar-refractivity contribution is 0.300. The summed E-state index contributed by atoms with van der Waals surface area (Å²) in [7, 11) is 1.72. The van der Waals surface area contributed by atoms with Crippen molar-refractivity contribution in [1.82, 2.24) is 14.3 Å². The Balaban J connectivity index is 1.86. The Morgan fingerprint density at radius 3 is 2.86 bits per heavy atom. The number of hydrogen-bond acceptors (Lipinski definition) is 4. The van der Waals surface area contributed by atoms with Gasteiger partial charge in [-0.3, -0.25) is 9.00 Å². The van der Waals surface area contributed by atoms with Crippen LogP contribution in [0.5, 0.6) is 5.75 Å². The molecular weight excluding hydrogens is 378 g/mol. The smallest absolute Gasteiger partial charge is 0.274 e. The molecule has 0 bridgehead atoms. The average molecular weight is 400 g/mol. The number of rotatable bonds is 7. The third-order valence-electron chi connectivity index (χ3n) is 5.17. The lowest BCUT2D eigenvalue weighted by Crippen LogP contribution is -2.17. The minimum absolute atomic E-state index is 0.0973. The monoisotopic (exact) mass is 400 g/mol. The van der Waals surface area contributed by atoms with Crippen LogP contribution in [-0.2, 0) is 24.9 Å². The van der Waals surface area contributed by atoms with E-state index in [1.807, 2.05) is 25.1 Å². The number of pyridine rings is 1. The number of H-pyrrole nitrogens is 1. The Kier molecular flexibility index (Phi) is 5.09. The predicted molar refractivity (Wildman–Crippen MR) is 108 cm³/mol. The Morgan fingerprint density at radius 2 is 2.14 bits per heavy atom. The molecule has 0 spiro atoms. The van der Waals surface area contributed by atoms with Crippen LogP contribution in [0.4, 0.5) is 0 Å². The number of aryl methyl sites for hydroxylation is 2. The molecule has 0 aliphatic heterocycles. The maximum atomic E-state index is 12.4. The number of hydrogen-bond donors (Lipinski definition) is 2. The number of nitrogens with zero attached hydrogens (tertiary/aromatic N) is 1. The molecule has 2 N–H and O–H groups in total. The lowest BCUT2D eigenvalue weighted by atomic mass is 9.97. The standard InChI is InChI=1S/C20H23N3O4S/c1-12-7-18(27-11-13-3-4-13)16(8-14(12)9-22-28(25)26)17-10-23(2)20(24)19-15(17)5-6-21-19/h5-8,10,13,21-22H,3-4,9,11H2,1-2H3,(H,25,26)/p-1. The van der Waals surface area contributed by atoms with E-state index in [-0.39, 0.29) is 12.1 Å². The highest BCUT2D eigenvalue weighted by Gasteiger charge is 2.23. The third-order valence-corrected chi connectivity index (χ3v) is 5.55. The Morgan fingerprint density at radius 1 is 1.36 bits per heavy atom. The van der Waals surface area contributed by atoms with Gasteiger partial charge in [0, 0.05) is 53.8 Å². The maximum absolute atomic E-state index is 12.4. The van der Waals surface area contributed by atoms with Gasteiger partial charge in [-0.05, 0) is 55.0 Å². The molecule has 0 amide bonds. The van der Waals surface area contributed by atoms with Crippen LogP contribution < -0.4 is 15.0 Å². The number of fused-ring (bicyclic) bond motifs is 1. The van der Waals surface area contributed by atoms with E-state index in [0.29, 0.717) is 18.0 Å². The highest BCUT2D eigenvalue weighted by molar-refractivity contribution is 7.77. The highest BCUT2D eigenvalue weighted by atomic mass is 32.2. The first kappa shape index (κ1) is 18.9. The molecule has 1 unspecified atom stereocenters. The van der Waals surface area contributed by atoms with Crippen molar-refractivity contribution in [2.24, 2.45) is 13.0 Å². The minimum atomic E-state index is -2.34. The summed E-state index contributed by atoms with van der Waals surface area (Å²) in [6.07, 6.45) is 5.93. The molecule has 148 valence electrons. The molecule has 1 fully saturated rings. The summed E-state index contributed by atoms with van der Waals surface area (Å²) in [4.78, 5) is 15.4. The second kappa shape index (κ2) is 7.54. The van der Waals surface area contributed by atoms with Crippen molar-refractivity contribution in [1.29, 1.82) is 0 Å². The molecule has 3 aromatic rings. The summed E-state index contributed by atoms with van der Waals surface area (Å²) >= 11 is -2.34. The summed E-state index contributed by atoms with van der Waals surface area (Å²) < 4.78 is 32.0. The fraction of sp³-hybridized carbons (Fsp3) is 0.350. The van der Waals surface area contributed by atoms with Gasteiger partial charge < -0.3 is 18.8 Å². The zero-order valence-corrected chi connectivity index (χ0v) is 16.6. The van der Waals surface area contributed by atoms with Crippen molar-refractivity contribution in [2.75, 3.05) is 6.61 Å². The largest absolute Gasteiger partial charge is 0.760 e. The molecule has 2 aromatic heterocycles. The van der Waals surface area contributed by atoms with Crippen LogP contribution in [0, 0.1) is 12.8 Å². The van der Waals surface area contributed by atoms with Gasteiger partial charge in [-0.15, -0.1) is 0 Å². The Labute approximate surface area is 165 Å². The zero-order chi connectivity index (χ0) is 19.8. The molecule has 1 aliphatic carbocycles. The number of aromatic amines is 1. The van der Waals surface area contributed by atoms with E-state index < -0.39 is 11.3 Å². The molecule has 1 saturated carbocycles.